The summed E-state index contributed by atoms with van der Waals surface area (Å²) in [5.74, 6) is 0. The molecule has 0 amide bonds. The summed E-state index contributed by atoms with van der Waals surface area (Å²) >= 11 is 0. The van der Waals surface area contributed by atoms with Gasteiger partial charge >= 0.3 is 0 Å². The first-order valence-electron chi connectivity index (χ1n) is 7.41. The van der Waals surface area contributed by atoms with Gasteiger partial charge in [-0.25, -0.2) is 0 Å². The second-order valence-electron chi connectivity index (χ2n) is 6.73. The third kappa shape index (κ3) is 3.24. The number of fused-ring (bicyclic) bond motifs is 1. The SMILES string of the molecule is CC1CN2CCCCC2CN1CCC(C)(C)C#N. The molecular weight excluding hydrogens is 222 g/mol. The van der Waals surface area contributed by atoms with Crippen LogP contribution in [0.25, 0.3) is 0 Å². The average Bonchev–Trinajstić information content (AvgIpc) is 2.36. The number of rotatable bonds is 3. The average molecular weight is 249 g/mol. The van der Waals surface area contributed by atoms with Gasteiger partial charge in [-0.3, -0.25) is 9.80 Å². The molecule has 2 rings (SSSR count). The van der Waals surface area contributed by atoms with Gasteiger partial charge in [-0.15, -0.1) is 0 Å². The van der Waals surface area contributed by atoms with Gasteiger partial charge < -0.3 is 0 Å². The summed E-state index contributed by atoms with van der Waals surface area (Å²) in [6, 6.07) is 3.84. The molecule has 0 spiro atoms. The Kier molecular flexibility index (Phi) is 4.29. The Balaban J connectivity index is 1.88. The number of hydrogen-bond acceptors (Lipinski definition) is 3. The van der Waals surface area contributed by atoms with E-state index in [0.717, 1.165) is 19.0 Å². The van der Waals surface area contributed by atoms with Crippen LogP contribution in [0.3, 0.4) is 0 Å². The minimum absolute atomic E-state index is 0.177. The van der Waals surface area contributed by atoms with Crippen LogP contribution in [0.5, 0.6) is 0 Å². The van der Waals surface area contributed by atoms with E-state index in [2.05, 4.69) is 36.6 Å². The maximum Gasteiger partial charge on any atom is 0.0684 e. The molecule has 0 saturated carbocycles. The predicted molar refractivity (Wildman–Crippen MR) is 74.3 cm³/mol. The Morgan fingerprint density at radius 1 is 1.28 bits per heavy atom. The first kappa shape index (κ1) is 13.8. The molecule has 2 aliphatic heterocycles. The molecule has 2 atom stereocenters. The van der Waals surface area contributed by atoms with Crippen LogP contribution in [0, 0.1) is 16.7 Å². The molecule has 2 aliphatic rings. The van der Waals surface area contributed by atoms with Gasteiger partial charge in [0.2, 0.25) is 0 Å². The topological polar surface area (TPSA) is 30.3 Å². The van der Waals surface area contributed by atoms with Gasteiger partial charge in [0, 0.05) is 31.7 Å². The molecule has 3 heteroatoms. The lowest BCUT2D eigenvalue weighted by molar-refractivity contribution is 0.0119. The zero-order chi connectivity index (χ0) is 13.2. The molecule has 2 saturated heterocycles. The van der Waals surface area contributed by atoms with Crippen molar-refractivity contribution in [3.05, 3.63) is 0 Å². The Bertz CT molecular complexity index is 318. The van der Waals surface area contributed by atoms with Crippen LogP contribution in [-0.2, 0) is 0 Å². The molecular formula is C15H27N3. The lowest BCUT2D eigenvalue weighted by atomic mass is 9.90. The molecule has 2 heterocycles. The van der Waals surface area contributed by atoms with Gasteiger partial charge in [0.25, 0.3) is 0 Å². The quantitative estimate of drug-likeness (QED) is 0.770. The summed E-state index contributed by atoms with van der Waals surface area (Å²) in [5.41, 5.74) is -0.177. The lowest BCUT2D eigenvalue weighted by Gasteiger charge is -2.48. The van der Waals surface area contributed by atoms with E-state index in [1.807, 2.05) is 0 Å². The molecule has 0 aliphatic carbocycles. The van der Waals surface area contributed by atoms with E-state index in [1.54, 1.807) is 0 Å². The van der Waals surface area contributed by atoms with Crippen molar-refractivity contribution in [2.75, 3.05) is 26.2 Å². The van der Waals surface area contributed by atoms with Crippen LogP contribution in [-0.4, -0.2) is 48.1 Å². The van der Waals surface area contributed by atoms with E-state index < -0.39 is 0 Å². The van der Waals surface area contributed by atoms with Crippen molar-refractivity contribution >= 4 is 0 Å². The highest BCUT2D eigenvalue weighted by Crippen LogP contribution is 2.26. The van der Waals surface area contributed by atoms with Crippen LogP contribution in [0.2, 0.25) is 0 Å². The third-order valence-corrected chi connectivity index (χ3v) is 4.64. The summed E-state index contributed by atoms with van der Waals surface area (Å²) in [4.78, 5) is 5.28. The van der Waals surface area contributed by atoms with Crippen molar-refractivity contribution in [2.45, 2.75) is 58.5 Å². The number of hydrogen-bond donors (Lipinski definition) is 0. The normalized spacial score (nSPS) is 30.8. The number of nitriles is 1. The summed E-state index contributed by atoms with van der Waals surface area (Å²) in [6.07, 6.45) is 5.13. The van der Waals surface area contributed by atoms with E-state index >= 15 is 0 Å². The maximum absolute atomic E-state index is 9.10. The summed E-state index contributed by atoms with van der Waals surface area (Å²) in [6.45, 7) is 11.2. The van der Waals surface area contributed by atoms with Crippen LogP contribution >= 0.6 is 0 Å². The molecule has 2 unspecified atom stereocenters. The Hall–Kier alpha value is -0.590. The van der Waals surface area contributed by atoms with E-state index in [4.69, 9.17) is 5.26 Å². The molecule has 2 fully saturated rings. The van der Waals surface area contributed by atoms with Crippen molar-refractivity contribution in [3.8, 4) is 6.07 Å². The Morgan fingerprint density at radius 2 is 2.06 bits per heavy atom. The highest BCUT2D eigenvalue weighted by molar-refractivity contribution is 4.94. The maximum atomic E-state index is 9.10. The number of nitrogens with zero attached hydrogens (tertiary/aromatic N) is 3. The predicted octanol–water partition coefficient (Wildman–Crippen LogP) is 2.48. The van der Waals surface area contributed by atoms with Gasteiger partial charge in [-0.1, -0.05) is 6.42 Å². The van der Waals surface area contributed by atoms with E-state index in [0.29, 0.717) is 6.04 Å². The second-order valence-corrected chi connectivity index (χ2v) is 6.73. The van der Waals surface area contributed by atoms with Gasteiger partial charge in [0.05, 0.1) is 11.5 Å². The van der Waals surface area contributed by atoms with E-state index in [9.17, 15) is 0 Å². The van der Waals surface area contributed by atoms with Crippen LogP contribution in [0.15, 0.2) is 0 Å². The van der Waals surface area contributed by atoms with Gasteiger partial charge in [-0.2, -0.15) is 5.26 Å². The first-order chi connectivity index (χ1) is 8.52. The van der Waals surface area contributed by atoms with E-state index in [1.165, 1.54) is 38.9 Å². The third-order valence-electron chi connectivity index (χ3n) is 4.64. The lowest BCUT2D eigenvalue weighted by Crippen LogP contribution is -2.58. The molecule has 0 aromatic rings. The standard InChI is InChI=1S/C15H27N3/c1-13-10-18-8-5-4-6-14(18)11-17(13)9-7-15(2,3)12-16/h13-14H,4-11H2,1-3H3. The minimum atomic E-state index is -0.177. The fraction of sp³-hybridized carbons (Fsp3) is 0.933. The minimum Gasteiger partial charge on any atom is -0.298 e. The van der Waals surface area contributed by atoms with Crippen LogP contribution in [0.1, 0.15) is 46.5 Å². The second kappa shape index (κ2) is 5.59. The number of piperazine rings is 1. The fourth-order valence-corrected chi connectivity index (χ4v) is 3.20. The van der Waals surface area contributed by atoms with Crippen molar-refractivity contribution in [3.63, 3.8) is 0 Å². The van der Waals surface area contributed by atoms with Crippen molar-refractivity contribution < 1.29 is 0 Å². The Labute approximate surface area is 112 Å². The molecule has 0 aromatic heterocycles. The van der Waals surface area contributed by atoms with Crippen molar-refractivity contribution in [2.24, 2.45) is 5.41 Å². The monoisotopic (exact) mass is 249 g/mol. The Morgan fingerprint density at radius 3 is 2.78 bits per heavy atom. The van der Waals surface area contributed by atoms with Gasteiger partial charge in [0.15, 0.2) is 0 Å². The highest BCUT2D eigenvalue weighted by atomic mass is 15.3. The van der Waals surface area contributed by atoms with Gasteiger partial charge in [-0.05, 0) is 46.6 Å². The van der Waals surface area contributed by atoms with Crippen molar-refractivity contribution in [1.82, 2.24) is 9.80 Å². The molecule has 102 valence electrons. The van der Waals surface area contributed by atoms with Crippen molar-refractivity contribution in [1.29, 1.82) is 5.26 Å². The molecule has 0 N–H and O–H groups in total. The highest BCUT2D eigenvalue weighted by Gasteiger charge is 2.33. The zero-order valence-corrected chi connectivity index (χ0v) is 12.2. The number of piperidine rings is 1. The molecule has 3 nitrogen and oxygen atoms in total. The van der Waals surface area contributed by atoms with Gasteiger partial charge in [0.1, 0.15) is 0 Å². The fourth-order valence-electron chi connectivity index (χ4n) is 3.20. The summed E-state index contributed by atoms with van der Waals surface area (Å²) in [7, 11) is 0. The molecule has 0 aromatic carbocycles. The van der Waals surface area contributed by atoms with Crippen LogP contribution in [0.4, 0.5) is 0 Å². The van der Waals surface area contributed by atoms with E-state index in [-0.39, 0.29) is 5.41 Å². The molecule has 0 bridgehead atoms. The summed E-state index contributed by atoms with van der Waals surface area (Å²) < 4.78 is 0. The zero-order valence-electron chi connectivity index (χ0n) is 12.2. The molecule has 18 heavy (non-hydrogen) atoms. The molecule has 0 radical (unpaired) electrons. The largest absolute Gasteiger partial charge is 0.298 e. The summed E-state index contributed by atoms with van der Waals surface area (Å²) in [5, 5.41) is 9.10. The smallest absolute Gasteiger partial charge is 0.0684 e. The first-order valence-corrected chi connectivity index (χ1v) is 7.41. The van der Waals surface area contributed by atoms with Crippen LogP contribution < -0.4 is 0 Å².